The van der Waals surface area contributed by atoms with Gasteiger partial charge in [0, 0.05) is 25.8 Å². The van der Waals surface area contributed by atoms with E-state index >= 15 is 0 Å². The minimum atomic E-state index is 0.592. The van der Waals surface area contributed by atoms with E-state index in [2.05, 4.69) is 48.3 Å². The van der Waals surface area contributed by atoms with Gasteiger partial charge in [-0.1, -0.05) is 24.3 Å². The molecule has 0 atom stereocenters. The SMILES string of the molecule is COc1ccc(N(C)Cc2ccc(CN)cc2)cc1. The number of nitrogens with zero attached hydrogens (tertiary/aromatic N) is 1. The molecule has 2 rings (SSSR count). The summed E-state index contributed by atoms with van der Waals surface area (Å²) >= 11 is 0. The fourth-order valence-electron chi connectivity index (χ4n) is 1.98. The summed E-state index contributed by atoms with van der Waals surface area (Å²) in [5.74, 6) is 0.879. The lowest BCUT2D eigenvalue weighted by Crippen LogP contribution is -2.16. The van der Waals surface area contributed by atoms with Gasteiger partial charge in [-0.3, -0.25) is 0 Å². The lowest BCUT2D eigenvalue weighted by Gasteiger charge is -2.19. The van der Waals surface area contributed by atoms with Crippen molar-refractivity contribution in [2.24, 2.45) is 5.73 Å². The number of nitrogens with two attached hydrogens (primary N) is 1. The summed E-state index contributed by atoms with van der Waals surface area (Å²) < 4.78 is 5.16. The monoisotopic (exact) mass is 256 g/mol. The molecule has 0 aliphatic heterocycles. The number of rotatable bonds is 5. The molecule has 0 radical (unpaired) electrons. The lowest BCUT2D eigenvalue weighted by atomic mass is 10.1. The number of anilines is 1. The van der Waals surface area contributed by atoms with Crippen molar-refractivity contribution in [1.82, 2.24) is 0 Å². The average molecular weight is 256 g/mol. The van der Waals surface area contributed by atoms with Crippen molar-refractivity contribution >= 4 is 5.69 Å². The molecule has 0 fully saturated rings. The first kappa shape index (κ1) is 13.4. The Morgan fingerprint density at radius 1 is 0.947 bits per heavy atom. The van der Waals surface area contributed by atoms with Gasteiger partial charge < -0.3 is 15.4 Å². The second-order valence-corrected chi connectivity index (χ2v) is 4.57. The topological polar surface area (TPSA) is 38.5 Å². The first-order valence-electron chi connectivity index (χ1n) is 6.36. The van der Waals surface area contributed by atoms with Gasteiger partial charge in [0.2, 0.25) is 0 Å². The second kappa shape index (κ2) is 6.25. The van der Waals surface area contributed by atoms with Crippen LogP contribution >= 0.6 is 0 Å². The maximum absolute atomic E-state index is 5.60. The number of ether oxygens (including phenoxy) is 1. The Morgan fingerprint density at radius 3 is 2.05 bits per heavy atom. The molecule has 0 aromatic heterocycles. The normalized spacial score (nSPS) is 10.3. The first-order chi connectivity index (χ1) is 9.22. The van der Waals surface area contributed by atoms with Gasteiger partial charge in [0.15, 0.2) is 0 Å². The number of methoxy groups -OCH3 is 1. The van der Waals surface area contributed by atoms with E-state index in [1.807, 2.05) is 12.1 Å². The highest BCUT2D eigenvalue weighted by Crippen LogP contribution is 2.19. The fraction of sp³-hybridized carbons (Fsp3) is 0.250. The molecular weight excluding hydrogens is 236 g/mol. The Balaban J connectivity index is 2.04. The molecule has 0 saturated heterocycles. The van der Waals surface area contributed by atoms with Crippen LogP contribution in [0.15, 0.2) is 48.5 Å². The second-order valence-electron chi connectivity index (χ2n) is 4.57. The Hall–Kier alpha value is -2.00. The van der Waals surface area contributed by atoms with Crippen LogP contribution in [0.3, 0.4) is 0 Å². The minimum absolute atomic E-state index is 0.592. The highest BCUT2D eigenvalue weighted by molar-refractivity contribution is 5.48. The smallest absolute Gasteiger partial charge is 0.119 e. The Bertz CT molecular complexity index is 505. The van der Waals surface area contributed by atoms with Crippen molar-refractivity contribution in [2.45, 2.75) is 13.1 Å². The summed E-state index contributed by atoms with van der Waals surface area (Å²) in [5.41, 5.74) is 9.20. The van der Waals surface area contributed by atoms with Gasteiger partial charge in [0.1, 0.15) is 5.75 Å². The fourth-order valence-corrected chi connectivity index (χ4v) is 1.98. The number of hydrogen-bond donors (Lipinski definition) is 1. The maximum Gasteiger partial charge on any atom is 0.119 e. The van der Waals surface area contributed by atoms with Crippen molar-refractivity contribution in [1.29, 1.82) is 0 Å². The van der Waals surface area contributed by atoms with E-state index in [0.29, 0.717) is 6.54 Å². The Labute approximate surface area is 114 Å². The molecule has 0 aliphatic carbocycles. The third kappa shape index (κ3) is 3.48. The molecule has 0 saturated carbocycles. The average Bonchev–Trinajstić information content (AvgIpc) is 2.48. The molecule has 3 nitrogen and oxygen atoms in total. The molecule has 2 N–H and O–H groups in total. The quantitative estimate of drug-likeness (QED) is 0.894. The molecular formula is C16H20N2O. The zero-order valence-corrected chi connectivity index (χ0v) is 11.5. The number of benzene rings is 2. The molecule has 0 spiro atoms. The Kier molecular flexibility index (Phi) is 4.42. The standard InChI is InChI=1S/C16H20N2O/c1-18(15-7-9-16(19-2)10-8-15)12-14-5-3-13(11-17)4-6-14/h3-10H,11-12,17H2,1-2H3. The van der Waals surface area contributed by atoms with E-state index in [9.17, 15) is 0 Å². The van der Waals surface area contributed by atoms with Gasteiger partial charge in [-0.05, 0) is 35.4 Å². The largest absolute Gasteiger partial charge is 0.497 e. The molecule has 0 amide bonds. The highest BCUT2D eigenvalue weighted by Gasteiger charge is 2.02. The third-order valence-electron chi connectivity index (χ3n) is 3.19. The van der Waals surface area contributed by atoms with Gasteiger partial charge in [0.25, 0.3) is 0 Å². The van der Waals surface area contributed by atoms with Crippen molar-refractivity contribution < 1.29 is 4.74 Å². The number of hydrogen-bond acceptors (Lipinski definition) is 3. The summed E-state index contributed by atoms with van der Waals surface area (Å²) in [4.78, 5) is 2.21. The molecule has 0 heterocycles. The van der Waals surface area contributed by atoms with Gasteiger partial charge in [-0.25, -0.2) is 0 Å². The molecule has 2 aromatic carbocycles. The predicted molar refractivity (Wildman–Crippen MR) is 79.4 cm³/mol. The maximum atomic E-state index is 5.60. The minimum Gasteiger partial charge on any atom is -0.497 e. The highest BCUT2D eigenvalue weighted by atomic mass is 16.5. The van der Waals surface area contributed by atoms with E-state index < -0.39 is 0 Å². The summed E-state index contributed by atoms with van der Waals surface area (Å²) in [6.07, 6.45) is 0. The van der Waals surface area contributed by atoms with Gasteiger partial charge in [0.05, 0.1) is 7.11 Å². The summed E-state index contributed by atoms with van der Waals surface area (Å²) in [5, 5.41) is 0. The van der Waals surface area contributed by atoms with E-state index in [1.165, 1.54) is 11.3 Å². The molecule has 100 valence electrons. The first-order valence-corrected chi connectivity index (χ1v) is 6.36. The van der Waals surface area contributed by atoms with Crippen LogP contribution in [0.2, 0.25) is 0 Å². The van der Waals surface area contributed by atoms with Gasteiger partial charge >= 0.3 is 0 Å². The van der Waals surface area contributed by atoms with Crippen molar-refractivity contribution in [2.75, 3.05) is 19.1 Å². The van der Waals surface area contributed by atoms with Crippen LogP contribution in [0.5, 0.6) is 5.75 Å². The molecule has 2 aromatic rings. The van der Waals surface area contributed by atoms with Crippen LogP contribution in [-0.2, 0) is 13.1 Å². The van der Waals surface area contributed by atoms with E-state index in [4.69, 9.17) is 10.5 Å². The summed E-state index contributed by atoms with van der Waals surface area (Å²) in [7, 11) is 3.76. The predicted octanol–water partition coefficient (Wildman–Crippen LogP) is 2.79. The van der Waals surface area contributed by atoms with E-state index in [-0.39, 0.29) is 0 Å². The van der Waals surface area contributed by atoms with E-state index in [1.54, 1.807) is 7.11 Å². The van der Waals surface area contributed by atoms with Gasteiger partial charge in [-0.2, -0.15) is 0 Å². The summed E-state index contributed by atoms with van der Waals surface area (Å²) in [6.45, 7) is 1.46. The Morgan fingerprint density at radius 2 is 1.53 bits per heavy atom. The van der Waals surface area contributed by atoms with Crippen molar-refractivity contribution in [3.63, 3.8) is 0 Å². The lowest BCUT2D eigenvalue weighted by molar-refractivity contribution is 0.415. The van der Waals surface area contributed by atoms with Crippen LogP contribution in [0, 0.1) is 0 Å². The molecule has 0 bridgehead atoms. The zero-order chi connectivity index (χ0) is 13.7. The zero-order valence-electron chi connectivity index (χ0n) is 11.5. The van der Waals surface area contributed by atoms with Crippen LogP contribution in [0.25, 0.3) is 0 Å². The van der Waals surface area contributed by atoms with Gasteiger partial charge in [-0.15, -0.1) is 0 Å². The van der Waals surface area contributed by atoms with Crippen LogP contribution in [0.1, 0.15) is 11.1 Å². The molecule has 0 unspecified atom stereocenters. The summed E-state index contributed by atoms with van der Waals surface area (Å²) in [6, 6.07) is 16.5. The molecule has 3 heteroatoms. The van der Waals surface area contributed by atoms with E-state index in [0.717, 1.165) is 17.9 Å². The van der Waals surface area contributed by atoms with Crippen molar-refractivity contribution in [3.8, 4) is 5.75 Å². The molecule has 19 heavy (non-hydrogen) atoms. The van der Waals surface area contributed by atoms with Crippen LogP contribution in [0.4, 0.5) is 5.69 Å². The van der Waals surface area contributed by atoms with Crippen LogP contribution < -0.4 is 15.4 Å². The third-order valence-corrected chi connectivity index (χ3v) is 3.19. The van der Waals surface area contributed by atoms with Crippen molar-refractivity contribution in [3.05, 3.63) is 59.7 Å². The van der Waals surface area contributed by atoms with Crippen LogP contribution in [-0.4, -0.2) is 14.2 Å². The molecule has 0 aliphatic rings.